The van der Waals surface area contributed by atoms with Gasteiger partial charge in [-0.1, -0.05) is 27.7 Å². The highest BCUT2D eigenvalue weighted by Gasteiger charge is 2.20. The monoisotopic (exact) mass is 287 g/mol. The molecule has 1 fully saturated rings. The molecule has 1 saturated carbocycles. The number of carbonyl (C=O) groups excluding carboxylic acids is 2. The number of hydrogen-bond donors (Lipinski definition) is 1. The van der Waals surface area contributed by atoms with Crippen LogP contribution in [0.3, 0.4) is 0 Å². The van der Waals surface area contributed by atoms with Gasteiger partial charge in [-0.15, -0.1) is 0 Å². The van der Waals surface area contributed by atoms with Gasteiger partial charge in [0.05, 0.1) is 0 Å². The second-order valence-electron chi connectivity index (χ2n) is 4.81. The lowest BCUT2D eigenvalue weighted by Gasteiger charge is -2.26. The van der Waals surface area contributed by atoms with Gasteiger partial charge in [0.15, 0.2) is 0 Å². The van der Waals surface area contributed by atoms with E-state index in [-0.39, 0.29) is 25.2 Å². The van der Waals surface area contributed by atoms with Crippen molar-refractivity contribution in [3.8, 4) is 0 Å². The number of esters is 1. The Morgan fingerprint density at radius 1 is 1.05 bits per heavy atom. The molecule has 0 heterocycles. The van der Waals surface area contributed by atoms with Crippen LogP contribution in [0.15, 0.2) is 0 Å². The van der Waals surface area contributed by atoms with E-state index in [4.69, 9.17) is 9.47 Å². The molecule has 20 heavy (non-hydrogen) atoms. The molecule has 0 aromatic heterocycles. The van der Waals surface area contributed by atoms with E-state index < -0.39 is 6.09 Å². The summed E-state index contributed by atoms with van der Waals surface area (Å²) in [5, 5.41) is 2.84. The summed E-state index contributed by atoms with van der Waals surface area (Å²) < 4.78 is 9.74. The average Bonchev–Trinajstić information content (AvgIpc) is 2.48. The summed E-state index contributed by atoms with van der Waals surface area (Å²) in [5.41, 5.74) is 0. The smallest absolute Gasteiger partial charge is 0.407 e. The summed E-state index contributed by atoms with van der Waals surface area (Å²) >= 11 is 0. The van der Waals surface area contributed by atoms with Crippen LogP contribution in [0.2, 0.25) is 0 Å². The number of ether oxygens (including phenoxy) is 2. The Morgan fingerprint density at radius 2 is 1.60 bits per heavy atom. The molecule has 1 aliphatic carbocycles. The Balaban J connectivity index is 0.00000172. The van der Waals surface area contributed by atoms with E-state index in [9.17, 15) is 9.59 Å². The van der Waals surface area contributed by atoms with Crippen molar-refractivity contribution in [3.05, 3.63) is 0 Å². The zero-order valence-electron chi connectivity index (χ0n) is 13.2. The molecule has 0 aromatic rings. The van der Waals surface area contributed by atoms with E-state index in [1.54, 1.807) is 6.92 Å². The fourth-order valence-electron chi connectivity index (χ4n) is 2.00. The Hall–Kier alpha value is -1.26. The van der Waals surface area contributed by atoms with Gasteiger partial charge in [0.25, 0.3) is 0 Å². The van der Waals surface area contributed by atoms with Crippen LogP contribution in [-0.4, -0.2) is 31.3 Å². The first-order valence-corrected chi connectivity index (χ1v) is 7.70. The van der Waals surface area contributed by atoms with Crippen LogP contribution in [0.5, 0.6) is 0 Å². The largest absolute Gasteiger partial charge is 0.462 e. The molecule has 1 aliphatic rings. The molecular weight excluding hydrogens is 258 g/mol. The van der Waals surface area contributed by atoms with Crippen LogP contribution in [-0.2, 0) is 14.3 Å². The lowest BCUT2D eigenvalue weighted by Crippen LogP contribution is -2.38. The number of carbonyl (C=O) groups is 2. The van der Waals surface area contributed by atoms with Crippen molar-refractivity contribution in [2.24, 2.45) is 5.92 Å². The minimum Gasteiger partial charge on any atom is -0.462 e. The lowest BCUT2D eigenvalue weighted by atomic mass is 9.87. The second kappa shape index (κ2) is 11.6. The normalized spacial score (nSPS) is 21.2. The van der Waals surface area contributed by atoms with E-state index in [1.807, 2.05) is 13.8 Å². The molecule has 5 nitrogen and oxygen atoms in total. The molecule has 0 atom stereocenters. The maximum absolute atomic E-state index is 11.4. The minimum atomic E-state index is -0.415. The first kappa shape index (κ1) is 18.7. The third-order valence-electron chi connectivity index (χ3n) is 3.21. The molecule has 0 bridgehead atoms. The van der Waals surface area contributed by atoms with Crippen molar-refractivity contribution in [1.82, 2.24) is 5.32 Å². The van der Waals surface area contributed by atoms with E-state index in [2.05, 4.69) is 12.2 Å². The van der Waals surface area contributed by atoms with Gasteiger partial charge in [0.2, 0.25) is 0 Å². The van der Waals surface area contributed by atoms with Gasteiger partial charge in [0, 0.05) is 12.5 Å². The second-order valence-corrected chi connectivity index (χ2v) is 4.81. The zero-order chi connectivity index (χ0) is 15.4. The third kappa shape index (κ3) is 8.77. The highest BCUT2D eigenvalue weighted by atomic mass is 16.6. The van der Waals surface area contributed by atoms with E-state index in [0.717, 1.165) is 31.6 Å². The van der Waals surface area contributed by atoms with Crippen LogP contribution < -0.4 is 5.32 Å². The van der Waals surface area contributed by atoms with Crippen molar-refractivity contribution < 1.29 is 19.1 Å². The van der Waals surface area contributed by atoms with Crippen molar-refractivity contribution in [3.63, 3.8) is 0 Å². The molecule has 1 rings (SSSR count). The lowest BCUT2D eigenvalue weighted by molar-refractivity contribution is -0.144. The summed E-state index contributed by atoms with van der Waals surface area (Å²) in [6.45, 7) is 8.19. The Bertz CT molecular complexity index is 273. The molecule has 118 valence electrons. The molecule has 1 amide bonds. The number of rotatable bonds is 5. The number of hydrogen-bond acceptors (Lipinski definition) is 4. The highest BCUT2D eigenvalue weighted by molar-refractivity contribution is 5.69. The quantitative estimate of drug-likeness (QED) is 0.622. The van der Waals surface area contributed by atoms with Crippen molar-refractivity contribution in [2.75, 3.05) is 13.2 Å². The van der Waals surface area contributed by atoms with E-state index in [0.29, 0.717) is 6.42 Å². The van der Waals surface area contributed by atoms with Crippen LogP contribution in [0.25, 0.3) is 0 Å². The van der Waals surface area contributed by atoms with Crippen LogP contribution in [0.1, 0.15) is 59.8 Å². The van der Waals surface area contributed by atoms with Crippen LogP contribution in [0.4, 0.5) is 4.79 Å². The maximum atomic E-state index is 11.4. The van der Waals surface area contributed by atoms with Crippen molar-refractivity contribution >= 4 is 12.1 Å². The average molecular weight is 287 g/mol. The first-order valence-electron chi connectivity index (χ1n) is 7.70. The van der Waals surface area contributed by atoms with Crippen molar-refractivity contribution in [2.45, 2.75) is 65.8 Å². The third-order valence-corrected chi connectivity index (χ3v) is 3.21. The van der Waals surface area contributed by atoms with Gasteiger partial charge < -0.3 is 14.8 Å². The van der Waals surface area contributed by atoms with Crippen LogP contribution in [0, 0.1) is 5.92 Å². The Morgan fingerprint density at radius 3 is 2.15 bits per heavy atom. The van der Waals surface area contributed by atoms with Gasteiger partial charge in [0.1, 0.15) is 13.2 Å². The summed E-state index contributed by atoms with van der Waals surface area (Å²) in [6.07, 6.45) is 4.26. The Kier molecular flexibility index (Phi) is 10.8. The molecule has 0 aromatic carbocycles. The summed E-state index contributed by atoms with van der Waals surface area (Å²) in [4.78, 5) is 22.3. The number of amides is 1. The van der Waals surface area contributed by atoms with Crippen LogP contribution >= 0.6 is 0 Å². The SMILES string of the molecule is CC.CCC(=O)OCCOC(=O)NC1CCC(C)CC1. The fraction of sp³-hybridized carbons (Fsp3) is 0.867. The summed E-state index contributed by atoms with van der Waals surface area (Å²) in [5.74, 6) is 0.479. The van der Waals surface area contributed by atoms with Gasteiger partial charge in [-0.05, 0) is 31.6 Å². The molecule has 1 N–H and O–H groups in total. The topological polar surface area (TPSA) is 64.6 Å². The maximum Gasteiger partial charge on any atom is 0.407 e. The van der Waals surface area contributed by atoms with Gasteiger partial charge >= 0.3 is 12.1 Å². The summed E-state index contributed by atoms with van der Waals surface area (Å²) in [7, 11) is 0. The first-order chi connectivity index (χ1) is 9.61. The van der Waals surface area contributed by atoms with Gasteiger partial charge in [-0.2, -0.15) is 0 Å². The molecule has 5 heteroatoms. The molecule has 0 radical (unpaired) electrons. The molecule has 0 unspecified atom stereocenters. The minimum absolute atomic E-state index is 0.112. The predicted molar refractivity (Wildman–Crippen MR) is 78.5 cm³/mol. The number of alkyl carbamates (subject to hydrolysis) is 1. The molecular formula is C15H29NO4. The molecule has 0 spiro atoms. The predicted octanol–water partition coefficient (Wildman–Crippen LogP) is 3.27. The van der Waals surface area contributed by atoms with E-state index >= 15 is 0 Å². The number of nitrogens with one attached hydrogen (secondary N) is 1. The molecule has 0 aliphatic heterocycles. The van der Waals surface area contributed by atoms with Gasteiger partial charge in [-0.3, -0.25) is 4.79 Å². The fourth-order valence-corrected chi connectivity index (χ4v) is 2.00. The van der Waals surface area contributed by atoms with Gasteiger partial charge in [-0.25, -0.2) is 4.79 Å². The molecule has 0 saturated heterocycles. The van der Waals surface area contributed by atoms with Crippen molar-refractivity contribution in [1.29, 1.82) is 0 Å². The van der Waals surface area contributed by atoms with E-state index in [1.165, 1.54) is 0 Å². The Labute approximate surface area is 122 Å². The highest BCUT2D eigenvalue weighted by Crippen LogP contribution is 2.23. The standard InChI is InChI=1S/C13H23NO4.C2H6/c1-3-12(15)17-8-9-18-13(16)14-11-6-4-10(2)5-7-11;1-2/h10-11H,3-9H2,1-2H3,(H,14,16);1-2H3. The summed E-state index contributed by atoms with van der Waals surface area (Å²) in [6, 6.07) is 0.229. The zero-order valence-corrected chi connectivity index (χ0v) is 13.2.